The number of nitriles is 2. The number of thioether (sulfide) groups is 1. The summed E-state index contributed by atoms with van der Waals surface area (Å²) in [6, 6.07) is 13.9. The summed E-state index contributed by atoms with van der Waals surface area (Å²) in [4.78, 5) is 31.1. The van der Waals surface area contributed by atoms with Crippen molar-refractivity contribution >= 4 is 35.1 Å². The van der Waals surface area contributed by atoms with Crippen LogP contribution in [0.25, 0.3) is 11.3 Å². The minimum atomic E-state index is -0.805. The third-order valence-electron chi connectivity index (χ3n) is 4.95. The molecular formula is C23H17N5O4S. The zero-order valence-corrected chi connectivity index (χ0v) is 18.3. The fraction of sp³-hybridized carbons (Fsp3) is 0.174. The molecule has 1 aliphatic heterocycles. The van der Waals surface area contributed by atoms with Gasteiger partial charge < -0.3 is 14.9 Å². The Morgan fingerprint density at radius 2 is 1.94 bits per heavy atom. The number of benzene rings is 1. The lowest BCUT2D eigenvalue weighted by Crippen LogP contribution is -2.31. The lowest BCUT2D eigenvalue weighted by Gasteiger charge is -2.16. The fourth-order valence-electron chi connectivity index (χ4n) is 3.51. The first-order valence-corrected chi connectivity index (χ1v) is 10.8. The van der Waals surface area contributed by atoms with E-state index in [1.54, 1.807) is 36.4 Å². The molecule has 1 unspecified atom stereocenters. The number of pyridine rings is 1. The molecule has 2 N–H and O–H groups in total. The molecule has 0 saturated carbocycles. The summed E-state index contributed by atoms with van der Waals surface area (Å²) in [7, 11) is 0. The predicted octanol–water partition coefficient (Wildman–Crippen LogP) is 3.49. The molecule has 0 spiro atoms. The van der Waals surface area contributed by atoms with Crippen LogP contribution in [0.1, 0.15) is 24.5 Å². The summed E-state index contributed by atoms with van der Waals surface area (Å²) in [6.07, 6.45) is 1.34. The van der Waals surface area contributed by atoms with Gasteiger partial charge in [0.15, 0.2) is 0 Å². The van der Waals surface area contributed by atoms with Crippen LogP contribution in [0.15, 0.2) is 52.1 Å². The van der Waals surface area contributed by atoms with E-state index in [0.717, 1.165) is 16.7 Å². The molecule has 2 amide bonds. The molecule has 3 heterocycles. The lowest BCUT2D eigenvalue weighted by atomic mass is 10.0. The number of nitrogens with two attached hydrogens (primary N) is 1. The molecule has 10 heteroatoms. The zero-order valence-electron chi connectivity index (χ0n) is 17.4. The molecule has 1 aromatic carbocycles. The summed E-state index contributed by atoms with van der Waals surface area (Å²) in [5.41, 5.74) is 6.69. The van der Waals surface area contributed by atoms with Crippen LogP contribution >= 0.6 is 11.8 Å². The first-order chi connectivity index (χ1) is 16.0. The van der Waals surface area contributed by atoms with E-state index in [-0.39, 0.29) is 45.6 Å². The molecular weight excluding hydrogens is 442 g/mol. The zero-order chi connectivity index (χ0) is 23.5. The highest BCUT2D eigenvalue weighted by Crippen LogP contribution is 2.40. The van der Waals surface area contributed by atoms with Crippen molar-refractivity contribution < 1.29 is 18.7 Å². The summed E-state index contributed by atoms with van der Waals surface area (Å²) < 4.78 is 10.8. The number of nitrogen functional groups attached to an aromatic ring is 1. The standard InChI is InChI=1S/C23H17N5O4S/c1-2-31-14-7-5-13(6-8-14)28-19(29)10-18(23(28)30)33-22-16(12-25)20(17-4-3-9-32-17)15(11-24)21(26)27-22/h3-9,18H,2,10H2,1H3,(H2,26,27). The van der Waals surface area contributed by atoms with Crippen molar-refractivity contribution in [2.24, 2.45) is 0 Å². The monoisotopic (exact) mass is 459 g/mol. The molecule has 1 aliphatic rings. The predicted molar refractivity (Wildman–Crippen MR) is 120 cm³/mol. The molecule has 0 aliphatic carbocycles. The molecule has 4 rings (SSSR count). The van der Waals surface area contributed by atoms with Crippen molar-refractivity contribution in [1.29, 1.82) is 10.5 Å². The van der Waals surface area contributed by atoms with Gasteiger partial charge in [-0.05, 0) is 43.3 Å². The average molecular weight is 459 g/mol. The minimum Gasteiger partial charge on any atom is -0.494 e. The second-order valence-electron chi connectivity index (χ2n) is 6.93. The lowest BCUT2D eigenvalue weighted by molar-refractivity contribution is -0.121. The number of hydrogen-bond acceptors (Lipinski definition) is 9. The number of imide groups is 1. The smallest absolute Gasteiger partial charge is 0.247 e. The van der Waals surface area contributed by atoms with E-state index in [1.807, 2.05) is 19.1 Å². The van der Waals surface area contributed by atoms with Gasteiger partial charge in [0.05, 0.1) is 34.9 Å². The maximum absolute atomic E-state index is 13.1. The van der Waals surface area contributed by atoms with Gasteiger partial charge in [0.2, 0.25) is 11.8 Å². The molecule has 2 aromatic heterocycles. The Labute approximate surface area is 193 Å². The van der Waals surface area contributed by atoms with Gasteiger partial charge in [-0.15, -0.1) is 0 Å². The Morgan fingerprint density at radius 1 is 1.21 bits per heavy atom. The summed E-state index contributed by atoms with van der Waals surface area (Å²) in [5.74, 6) is 0.0254. The second kappa shape index (κ2) is 9.07. The number of carbonyl (C=O) groups is 2. The fourth-order valence-corrected chi connectivity index (χ4v) is 4.63. The first kappa shape index (κ1) is 21.9. The molecule has 164 valence electrons. The van der Waals surface area contributed by atoms with Crippen LogP contribution in [0.2, 0.25) is 0 Å². The van der Waals surface area contributed by atoms with Crippen molar-refractivity contribution in [2.45, 2.75) is 23.6 Å². The van der Waals surface area contributed by atoms with E-state index in [0.29, 0.717) is 18.0 Å². The van der Waals surface area contributed by atoms with E-state index in [9.17, 15) is 20.1 Å². The van der Waals surface area contributed by atoms with Gasteiger partial charge in [0.25, 0.3) is 0 Å². The summed E-state index contributed by atoms with van der Waals surface area (Å²) in [5, 5.41) is 18.7. The SMILES string of the molecule is CCOc1ccc(N2C(=O)CC(Sc3nc(N)c(C#N)c(-c4ccco4)c3C#N)C2=O)cc1. The van der Waals surface area contributed by atoms with Crippen LogP contribution in [-0.4, -0.2) is 28.7 Å². The Morgan fingerprint density at radius 3 is 2.55 bits per heavy atom. The molecule has 3 aromatic rings. The largest absolute Gasteiger partial charge is 0.494 e. The number of aromatic nitrogens is 1. The van der Waals surface area contributed by atoms with E-state index >= 15 is 0 Å². The molecule has 0 bridgehead atoms. The summed E-state index contributed by atoms with van der Waals surface area (Å²) in [6.45, 7) is 2.36. The van der Waals surface area contributed by atoms with Crippen molar-refractivity contribution in [1.82, 2.24) is 4.98 Å². The van der Waals surface area contributed by atoms with Crippen LogP contribution in [0.5, 0.6) is 5.75 Å². The van der Waals surface area contributed by atoms with Crippen LogP contribution in [0.3, 0.4) is 0 Å². The minimum absolute atomic E-state index is 0.00990. The summed E-state index contributed by atoms with van der Waals surface area (Å²) >= 11 is 0.967. The van der Waals surface area contributed by atoms with Crippen LogP contribution < -0.4 is 15.4 Å². The maximum atomic E-state index is 13.1. The van der Waals surface area contributed by atoms with Gasteiger partial charge in [-0.25, -0.2) is 9.88 Å². The molecule has 1 atom stereocenters. The number of amides is 2. The topological polar surface area (TPSA) is 146 Å². The first-order valence-electron chi connectivity index (χ1n) is 9.92. The number of carbonyl (C=O) groups excluding carboxylic acids is 2. The normalized spacial score (nSPS) is 15.4. The van der Waals surface area contributed by atoms with Gasteiger partial charge in [-0.2, -0.15) is 10.5 Å². The van der Waals surface area contributed by atoms with Gasteiger partial charge >= 0.3 is 0 Å². The number of nitrogens with zero attached hydrogens (tertiary/aromatic N) is 4. The number of hydrogen-bond donors (Lipinski definition) is 1. The van der Waals surface area contributed by atoms with Crippen LogP contribution in [0, 0.1) is 22.7 Å². The van der Waals surface area contributed by atoms with E-state index in [4.69, 9.17) is 14.9 Å². The molecule has 33 heavy (non-hydrogen) atoms. The highest BCUT2D eigenvalue weighted by Gasteiger charge is 2.41. The van der Waals surface area contributed by atoms with E-state index in [1.165, 1.54) is 6.26 Å². The Balaban J connectivity index is 1.67. The highest BCUT2D eigenvalue weighted by atomic mass is 32.2. The second-order valence-corrected chi connectivity index (χ2v) is 8.12. The van der Waals surface area contributed by atoms with Gasteiger partial charge in [0.1, 0.15) is 40.1 Å². The Hall–Kier alpha value is -4.28. The molecule has 1 fully saturated rings. The van der Waals surface area contributed by atoms with Crippen molar-refractivity contribution in [3.63, 3.8) is 0 Å². The molecule has 1 saturated heterocycles. The Bertz CT molecular complexity index is 1310. The Kier molecular flexibility index (Phi) is 6.03. The van der Waals surface area contributed by atoms with E-state index in [2.05, 4.69) is 4.98 Å². The molecule has 0 radical (unpaired) electrons. The number of ether oxygens (including phenoxy) is 1. The van der Waals surface area contributed by atoms with Crippen molar-refractivity contribution in [3.05, 3.63) is 53.8 Å². The maximum Gasteiger partial charge on any atom is 0.247 e. The number of furan rings is 1. The van der Waals surface area contributed by atoms with Crippen molar-refractivity contribution in [2.75, 3.05) is 17.2 Å². The quantitative estimate of drug-likeness (QED) is 0.547. The highest BCUT2D eigenvalue weighted by molar-refractivity contribution is 8.00. The number of anilines is 2. The molecule has 9 nitrogen and oxygen atoms in total. The van der Waals surface area contributed by atoms with Gasteiger partial charge in [-0.3, -0.25) is 9.59 Å². The van der Waals surface area contributed by atoms with Gasteiger partial charge in [-0.1, -0.05) is 11.8 Å². The van der Waals surface area contributed by atoms with Crippen molar-refractivity contribution in [3.8, 4) is 29.2 Å². The van der Waals surface area contributed by atoms with Gasteiger partial charge in [0, 0.05) is 6.42 Å². The number of rotatable bonds is 6. The third-order valence-corrected chi connectivity index (χ3v) is 6.12. The average Bonchev–Trinajstić information content (AvgIpc) is 3.43. The third kappa shape index (κ3) is 4.00. The van der Waals surface area contributed by atoms with E-state index < -0.39 is 11.2 Å². The van der Waals surface area contributed by atoms with Crippen LogP contribution in [-0.2, 0) is 9.59 Å². The van der Waals surface area contributed by atoms with Crippen LogP contribution in [0.4, 0.5) is 11.5 Å².